The first-order chi connectivity index (χ1) is 13.3. The van der Waals surface area contributed by atoms with Crippen LogP contribution in [-0.2, 0) is 4.79 Å². The Morgan fingerprint density at radius 3 is 2.50 bits per heavy atom. The average Bonchev–Trinajstić information content (AvgIpc) is 2.87. The Morgan fingerprint density at radius 2 is 1.89 bits per heavy atom. The number of nitrogens with zero attached hydrogens (tertiary/aromatic N) is 2. The van der Waals surface area contributed by atoms with Gasteiger partial charge in [0.15, 0.2) is 0 Å². The van der Waals surface area contributed by atoms with Crippen LogP contribution in [-0.4, -0.2) is 67.5 Å². The Balaban J connectivity index is 2.01. The van der Waals surface area contributed by atoms with Gasteiger partial charge in [-0.1, -0.05) is 5.92 Å². The van der Waals surface area contributed by atoms with Crippen molar-refractivity contribution in [1.29, 1.82) is 0 Å². The molecule has 0 atom stereocenters. The molecule has 0 aliphatic carbocycles. The molecule has 1 heterocycles. The van der Waals surface area contributed by atoms with Gasteiger partial charge in [-0.15, -0.1) is 6.42 Å². The number of ether oxygens (including phenoxy) is 1. The predicted molar refractivity (Wildman–Crippen MR) is 101 cm³/mol. The maximum absolute atomic E-state index is 12.9. The zero-order chi connectivity index (χ0) is 20.7. The van der Waals surface area contributed by atoms with Gasteiger partial charge in [-0.25, -0.2) is 0 Å². The second-order valence-corrected chi connectivity index (χ2v) is 6.72. The predicted octanol–water partition coefficient (Wildman–Crippen LogP) is 1.80. The minimum absolute atomic E-state index is 0.103. The van der Waals surface area contributed by atoms with Crippen molar-refractivity contribution in [1.82, 2.24) is 15.1 Å². The summed E-state index contributed by atoms with van der Waals surface area (Å²) >= 11 is 0. The molecule has 1 aliphatic rings. The van der Waals surface area contributed by atoms with E-state index >= 15 is 0 Å². The Bertz CT molecular complexity index is 739. The molecule has 0 radical (unpaired) electrons. The topological polar surface area (TPSA) is 61.9 Å². The van der Waals surface area contributed by atoms with E-state index in [2.05, 4.69) is 16.0 Å². The third-order valence-electron chi connectivity index (χ3n) is 4.54. The monoisotopic (exact) mass is 393 g/mol. The van der Waals surface area contributed by atoms with E-state index in [1.165, 1.54) is 0 Å². The number of amides is 2. The van der Waals surface area contributed by atoms with Crippen LogP contribution in [0.25, 0.3) is 0 Å². The lowest BCUT2D eigenvalue weighted by Crippen LogP contribution is -2.40. The quantitative estimate of drug-likeness (QED) is 0.749. The summed E-state index contributed by atoms with van der Waals surface area (Å²) in [6, 6.07) is 3.14. The number of aryl methyl sites for hydroxylation is 2. The number of hydrogen-bond acceptors (Lipinski definition) is 4. The van der Waals surface area contributed by atoms with E-state index in [1.807, 2.05) is 4.90 Å². The second-order valence-electron chi connectivity index (χ2n) is 6.72. The Hall–Kier alpha value is -2.66. The van der Waals surface area contributed by atoms with Crippen LogP contribution in [0.1, 0.15) is 27.9 Å². The Morgan fingerprint density at radius 1 is 1.21 bits per heavy atom. The van der Waals surface area contributed by atoms with Gasteiger partial charge in [-0.05, 0) is 43.5 Å². The van der Waals surface area contributed by atoms with E-state index in [-0.39, 0.29) is 30.7 Å². The first kappa shape index (κ1) is 21.6. The van der Waals surface area contributed by atoms with Crippen molar-refractivity contribution in [3.05, 3.63) is 28.8 Å². The molecule has 1 aromatic carbocycles. The summed E-state index contributed by atoms with van der Waals surface area (Å²) in [6.07, 6.45) is 5.86. The zero-order valence-corrected chi connectivity index (χ0v) is 16.1. The van der Waals surface area contributed by atoms with Crippen LogP contribution in [0, 0.1) is 26.2 Å². The highest BCUT2D eigenvalue weighted by molar-refractivity contribution is 5.95. The van der Waals surface area contributed by atoms with Crippen molar-refractivity contribution in [2.75, 3.05) is 39.3 Å². The van der Waals surface area contributed by atoms with E-state index in [0.717, 1.165) is 6.42 Å². The lowest BCUT2D eigenvalue weighted by molar-refractivity contribution is -0.121. The highest BCUT2D eigenvalue weighted by atomic mass is 19.3. The van der Waals surface area contributed by atoms with Crippen molar-refractivity contribution in [2.45, 2.75) is 26.9 Å². The van der Waals surface area contributed by atoms with Gasteiger partial charge in [0.1, 0.15) is 5.75 Å². The van der Waals surface area contributed by atoms with Crippen molar-refractivity contribution in [3.63, 3.8) is 0 Å². The maximum Gasteiger partial charge on any atom is 0.387 e. The standard InChI is InChI=1S/C20H25F2N3O3/c1-4-6-23-17(26)13-24-7-5-8-25(10-9-24)19(27)16-11-14(2)18(15(3)12-16)28-20(21)22/h1,11-12,20H,5-10,13H2,2-3H3,(H,23,26). The number of carbonyl (C=O) groups excluding carboxylic acids is 2. The summed E-state index contributed by atoms with van der Waals surface area (Å²) in [4.78, 5) is 28.4. The van der Waals surface area contributed by atoms with E-state index < -0.39 is 6.61 Å². The number of benzene rings is 1. The molecule has 1 fully saturated rings. The van der Waals surface area contributed by atoms with Crippen LogP contribution in [0.2, 0.25) is 0 Å². The molecule has 0 aromatic heterocycles. The fourth-order valence-corrected chi connectivity index (χ4v) is 3.27. The minimum Gasteiger partial charge on any atom is -0.434 e. The van der Waals surface area contributed by atoms with Gasteiger partial charge in [-0.2, -0.15) is 8.78 Å². The smallest absolute Gasteiger partial charge is 0.387 e. The van der Waals surface area contributed by atoms with Crippen LogP contribution in [0.4, 0.5) is 8.78 Å². The van der Waals surface area contributed by atoms with Crippen molar-refractivity contribution >= 4 is 11.8 Å². The SMILES string of the molecule is C#CCNC(=O)CN1CCCN(C(=O)c2cc(C)c(OC(F)F)c(C)c2)CC1. The first-order valence-electron chi connectivity index (χ1n) is 9.09. The van der Waals surface area contributed by atoms with Gasteiger partial charge in [0.05, 0.1) is 13.1 Å². The minimum atomic E-state index is -2.91. The highest BCUT2D eigenvalue weighted by Crippen LogP contribution is 2.27. The van der Waals surface area contributed by atoms with Crippen molar-refractivity contribution < 1.29 is 23.1 Å². The molecule has 1 N–H and O–H groups in total. The largest absolute Gasteiger partial charge is 0.434 e. The molecule has 0 unspecified atom stereocenters. The summed E-state index contributed by atoms with van der Waals surface area (Å²) in [5.74, 6) is 2.16. The summed E-state index contributed by atoms with van der Waals surface area (Å²) in [7, 11) is 0. The van der Waals surface area contributed by atoms with Crippen LogP contribution in [0.5, 0.6) is 5.75 Å². The summed E-state index contributed by atoms with van der Waals surface area (Å²) < 4.78 is 29.6. The molecule has 2 rings (SSSR count). The highest BCUT2D eigenvalue weighted by Gasteiger charge is 2.23. The Labute approximate surface area is 163 Å². The van der Waals surface area contributed by atoms with Crippen LogP contribution < -0.4 is 10.1 Å². The summed E-state index contributed by atoms with van der Waals surface area (Å²) in [5, 5.41) is 2.63. The lowest BCUT2D eigenvalue weighted by Gasteiger charge is -2.22. The molecule has 1 aliphatic heterocycles. The maximum atomic E-state index is 12.9. The molecular weight excluding hydrogens is 368 g/mol. The summed E-state index contributed by atoms with van der Waals surface area (Å²) in [6.45, 7) is 3.12. The second kappa shape index (κ2) is 10.0. The molecule has 8 heteroatoms. The average molecular weight is 393 g/mol. The number of carbonyl (C=O) groups is 2. The Kier molecular flexibility index (Phi) is 7.76. The fourth-order valence-electron chi connectivity index (χ4n) is 3.27. The van der Waals surface area contributed by atoms with Crippen molar-refractivity contribution in [3.8, 4) is 18.1 Å². The molecule has 2 amide bonds. The third kappa shape index (κ3) is 5.92. The zero-order valence-electron chi connectivity index (χ0n) is 16.1. The van der Waals surface area contributed by atoms with Crippen LogP contribution >= 0.6 is 0 Å². The molecule has 6 nitrogen and oxygen atoms in total. The number of alkyl halides is 2. The van der Waals surface area contributed by atoms with Crippen LogP contribution in [0.3, 0.4) is 0 Å². The normalized spacial score (nSPS) is 15.1. The molecule has 0 saturated carbocycles. The van der Waals surface area contributed by atoms with E-state index in [4.69, 9.17) is 6.42 Å². The molecule has 152 valence electrons. The fraction of sp³-hybridized carbons (Fsp3) is 0.500. The first-order valence-corrected chi connectivity index (χ1v) is 9.09. The van der Waals surface area contributed by atoms with Gasteiger partial charge < -0.3 is 15.0 Å². The summed E-state index contributed by atoms with van der Waals surface area (Å²) in [5.41, 5.74) is 1.42. The molecular formula is C20H25F2N3O3. The van der Waals surface area contributed by atoms with E-state index in [9.17, 15) is 18.4 Å². The van der Waals surface area contributed by atoms with Gasteiger partial charge in [-0.3, -0.25) is 14.5 Å². The molecule has 0 spiro atoms. The molecule has 28 heavy (non-hydrogen) atoms. The number of hydrogen-bond donors (Lipinski definition) is 1. The third-order valence-corrected chi connectivity index (χ3v) is 4.54. The van der Waals surface area contributed by atoms with E-state index in [0.29, 0.717) is 42.9 Å². The van der Waals surface area contributed by atoms with Gasteiger partial charge in [0.2, 0.25) is 5.91 Å². The van der Waals surface area contributed by atoms with Gasteiger partial charge in [0.25, 0.3) is 5.91 Å². The van der Waals surface area contributed by atoms with Gasteiger partial charge >= 0.3 is 6.61 Å². The number of terminal acetylenes is 1. The molecule has 1 aromatic rings. The molecule has 0 bridgehead atoms. The van der Waals surface area contributed by atoms with E-state index in [1.54, 1.807) is 30.9 Å². The number of halogens is 2. The molecule has 1 saturated heterocycles. The number of rotatable bonds is 6. The lowest BCUT2D eigenvalue weighted by atomic mass is 10.0. The van der Waals surface area contributed by atoms with Crippen molar-refractivity contribution in [2.24, 2.45) is 0 Å². The van der Waals surface area contributed by atoms with Gasteiger partial charge in [0, 0.05) is 31.7 Å². The van der Waals surface area contributed by atoms with Crippen LogP contribution in [0.15, 0.2) is 12.1 Å². The number of nitrogens with one attached hydrogen (secondary N) is 1.